The Bertz CT molecular complexity index is 910. The maximum absolute atomic E-state index is 13.1. The Hall–Kier alpha value is -2.58. The topological polar surface area (TPSA) is 108 Å². The molecule has 1 aromatic rings. The fourth-order valence-electron chi connectivity index (χ4n) is 4.83. The van der Waals surface area contributed by atoms with Crippen molar-refractivity contribution >= 4 is 23.6 Å². The second kappa shape index (κ2) is 7.92. The molecule has 3 aliphatic heterocycles. The zero-order valence-electron chi connectivity index (χ0n) is 17.4. The monoisotopic (exact) mass is 412 g/mol. The van der Waals surface area contributed by atoms with Crippen LogP contribution in [0.25, 0.3) is 0 Å². The first-order valence-corrected chi connectivity index (χ1v) is 10.6. The van der Waals surface area contributed by atoms with Crippen LogP contribution in [0.1, 0.15) is 65.8 Å². The van der Waals surface area contributed by atoms with Gasteiger partial charge in [-0.25, -0.2) is 0 Å². The molecule has 30 heavy (non-hydrogen) atoms. The Morgan fingerprint density at radius 3 is 2.67 bits per heavy atom. The molecule has 3 N–H and O–H groups in total. The van der Waals surface area contributed by atoms with Gasteiger partial charge in [-0.2, -0.15) is 0 Å². The van der Waals surface area contributed by atoms with Crippen molar-refractivity contribution < 1.29 is 19.2 Å². The van der Waals surface area contributed by atoms with Gasteiger partial charge in [-0.3, -0.25) is 29.4 Å². The summed E-state index contributed by atoms with van der Waals surface area (Å²) in [7, 11) is 0. The van der Waals surface area contributed by atoms with Crippen LogP contribution in [0.4, 0.5) is 0 Å². The van der Waals surface area contributed by atoms with Gasteiger partial charge >= 0.3 is 0 Å². The summed E-state index contributed by atoms with van der Waals surface area (Å²) in [5.41, 5.74) is 1.58. The van der Waals surface area contributed by atoms with E-state index < -0.39 is 23.8 Å². The van der Waals surface area contributed by atoms with E-state index >= 15 is 0 Å². The largest absolute Gasteiger partial charge is 0.312 e. The molecule has 160 valence electrons. The van der Waals surface area contributed by atoms with Crippen LogP contribution in [0, 0.1) is 5.92 Å². The summed E-state index contributed by atoms with van der Waals surface area (Å²) in [6.45, 7) is 6.73. The lowest BCUT2D eigenvalue weighted by atomic mass is 9.84. The van der Waals surface area contributed by atoms with E-state index in [1.807, 2.05) is 6.07 Å². The minimum absolute atomic E-state index is 0.116. The van der Waals surface area contributed by atoms with Gasteiger partial charge in [-0.15, -0.1) is 0 Å². The van der Waals surface area contributed by atoms with Crippen molar-refractivity contribution in [2.45, 2.75) is 57.7 Å². The second-order valence-electron chi connectivity index (χ2n) is 9.09. The van der Waals surface area contributed by atoms with Crippen molar-refractivity contribution in [1.82, 2.24) is 20.9 Å². The highest BCUT2D eigenvalue weighted by Crippen LogP contribution is 2.30. The van der Waals surface area contributed by atoms with Crippen molar-refractivity contribution in [3.63, 3.8) is 0 Å². The Kier molecular flexibility index (Phi) is 5.46. The van der Waals surface area contributed by atoms with E-state index in [4.69, 9.17) is 0 Å². The van der Waals surface area contributed by atoms with Crippen LogP contribution in [0.2, 0.25) is 0 Å². The number of hydrogen-bond acceptors (Lipinski definition) is 6. The Labute approximate surface area is 175 Å². The second-order valence-corrected chi connectivity index (χ2v) is 9.09. The maximum Gasteiger partial charge on any atom is 0.262 e. The average molecular weight is 412 g/mol. The number of imide groups is 2. The SMILES string of the molecule is CC1(C)CC(CNCc2cccc3c2C(=O)N(C2CCC(=O)NC2=O)C3=O)CCN1. The molecule has 0 aliphatic carbocycles. The first kappa shape index (κ1) is 20.7. The van der Waals surface area contributed by atoms with Crippen LogP contribution in [-0.4, -0.2) is 53.2 Å². The standard InChI is InChI=1S/C22H28N4O4/c1-22(2)10-13(8-9-24-22)11-23-12-14-4-3-5-15-18(14)21(30)26(20(15)29)16-6-7-17(27)25-19(16)28/h3-5,13,16,23-24H,6-12H2,1-2H3,(H,25,27,28). The summed E-state index contributed by atoms with van der Waals surface area (Å²) in [6, 6.07) is 4.30. The molecule has 3 heterocycles. The lowest BCUT2D eigenvalue weighted by Gasteiger charge is -2.36. The van der Waals surface area contributed by atoms with E-state index in [0.717, 1.165) is 36.4 Å². The van der Waals surface area contributed by atoms with Gasteiger partial charge in [0.1, 0.15) is 6.04 Å². The molecule has 3 aliphatic rings. The smallest absolute Gasteiger partial charge is 0.262 e. The van der Waals surface area contributed by atoms with Crippen molar-refractivity contribution in [1.29, 1.82) is 0 Å². The van der Waals surface area contributed by atoms with Crippen LogP contribution < -0.4 is 16.0 Å². The number of carbonyl (C=O) groups excluding carboxylic acids is 4. The Morgan fingerprint density at radius 2 is 1.93 bits per heavy atom. The van der Waals surface area contributed by atoms with Crippen molar-refractivity contribution in [3.8, 4) is 0 Å². The van der Waals surface area contributed by atoms with Crippen LogP contribution in [0.5, 0.6) is 0 Å². The van der Waals surface area contributed by atoms with Gasteiger partial charge in [0.15, 0.2) is 0 Å². The van der Waals surface area contributed by atoms with Gasteiger partial charge < -0.3 is 10.6 Å². The summed E-state index contributed by atoms with van der Waals surface area (Å²) >= 11 is 0. The minimum atomic E-state index is -0.937. The average Bonchev–Trinajstić information content (AvgIpc) is 2.93. The van der Waals surface area contributed by atoms with Crippen LogP contribution in [0.15, 0.2) is 18.2 Å². The number of piperidine rings is 2. The quantitative estimate of drug-likeness (QED) is 0.622. The van der Waals surface area contributed by atoms with E-state index in [-0.39, 0.29) is 24.3 Å². The highest BCUT2D eigenvalue weighted by molar-refractivity contribution is 6.24. The molecule has 0 spiro atoms. The van der Waals surface area contributed by atoms with Gasteiger partial charge in [0.05, 0.1) is 11.1 Å². The molecule has 4 rings (SSSR count). The number of amides is 4. The maximum atomic E-state index is 13.1. The van der Waals surface area contributed by atoms with Gasteiger partial charge in [0.25, 0.3) is 11.8 Å². The summed E-state index contributed by atoms with van der Waals surface area (Å²) in [5, 5.41) is 9.19. The summed E-state index contributed by atoms with van der Waals surface area (Å²) in [4.78, 5) is 50.7. The normalized spacial score (nSPS) is 26.0. The van der Waals surface area contributed by atoms with Crippen LogP contribution in [-0.2, 0) is 16.1 Å². The predicted molar refractivity (Wildman–Crippen MR) is 110 cm³/mol. The summed E-state index contributed by atoms with van der Waals surface area (Å²) < 4.78 is 0. The van der Waals surface area contributed by atoms with Gasteiger partial charge in [0.2, 0.25) is 11.8 Å². The first-order chi connectivity index (χ1) is 14.3. The highest BCUT2D eigenvalue weighted by Gasteiger charge is 2.45. The molecule has 2 unspecified atom stereocenters. The number of rotatable bonds is 5. The molecule has 0 aromatic heterocycles. The lowest BCUT2D eigenvalue weighted by Crippen LogP contribution is -2.54. The molecular weight excluding hydrogens is 384 g/mol. The third-order valence-electron chi connectivity index (χ3n) is 6.26. The zero-order valence-corrected chi connectivity index (χ0v) is 17.4. The number of benzene rings is 1. The fraction of sp³-hybridized carbons (Fsp3) is 0.545. The molecule has 2 fully saturated rings. The molecule has 1 aromatic carbocycles. The van der Waals surface area contributed by atoms with Gasteiger partial charge in [-0.05, 0) is 63.7 Å². The summed E-state index contributed by atoms with van der Waals surface area (Å²) in [6.07, 6.45) is 2.46. The van der Waals surface area contributed by atoms with Crippen molar-refractivity contribution in [3.05, 3.63) is 34.9 Å². The van der Waals surface area contributed by atoms with E-state index in [9.17, 15) is 19.2 Å². The molecule has 2 saturated heterocycles. The van der Waals surface area contributed by atoms with Crippen molar-refractivity contribution in [2.75, 3.05) is 13.1 Å². The molecular formula is C22H28N4O4. The van der Waals surface area contributed by atoms with Crippen molar-refractivity contribution in [2.24, 2.45) is 5.92 Å². The van der Waals surface area contributed by atoms with Gasteiger partial charge in [0, 0.05) is 18.5 Å². The van der Waals surface area contributed by atoms with E-state index in [0.29, 0.717) is 23.6 Å². The fourth-order valence-corrected chi connectivity index (χ4v) is 4.83. The predicted octanol–water partition coefficient (Wildman–Crippen LogP) is 0.956. The number of fused-ring (bicyclic) bond motifs is 1. The van der Waals surface area contributed by atoms with Crippen LogP contribution >= 0.6 is 0 Å². The molecule has 2 atom stereocenters. The molecule has 4 amide bonds. The molecule has 0 bridgehead atoms. The number of carbonyl (C=O) groups is 4. The third kappa shape index (κ3) is 3.89. The van der Waals surface area contributed by atoms with E-state index in [1.54, 1.807) is 12.1 Å². The first-order valence-electron chi connectivity index (χ1n) is 10.6. The summed E-state index contributed by atoms with van der Waals surface area (Å²) in [5.74, 6) is -1.33. The Balaban J connectivity index is 1.46. The Morgan fingerprint density at radius 1 is 1.13 bits per heavy atom. The van der Waals surface area contributed by atoms with E-state index in [1.165, 1.54) is 0 Å². The number of nitrogens with one attached hydrogen (secondary N) is 3. The molecule has 8 heteroatoms. The molecule has 0 saturated carbocycles. The van der Waals surface area contributed by atoms with E-state index in [2.05, 4.69) is 29.8 Å². The van der Waals surface area contributed by atoms with Gasteiger partial charge in [-0.1, -0.05) is 12.1 Å². The molecule has 0 radical (unpaired) electrons. The third-order valence-corrected chi connectivity index (χ3v) is 6.26. The minimum Gasteiger partial charge on any atom is -0.312 e. The number of nitrogens with zero attached hydrogens (tertiary/aromatic N) is 1. The number of hydrogen-bond donors (Lipinski definition) is 3. The molecule has 8 nitrogen and oxygen atoms in total. The lowest BCUT2D eigenvalue weighted by molar-refractivity contribution is -0.136. The zero-order chi connectivity index (χ0) is 21.5. The highest BCUT2D eigenvalue weighted by atomic mass is 16.2. The van der Waals surface area contributed by atoms with Crippen LogP contribution in [0.3, 0.4) is 0 Å².